The van der Waals surface area contributed by atoms with Crippen molar-refractivity contribution in [3.8, 4) is 0 Å². The maximum atomic E-state index is 5.51. The third-order valence-electron chi connectivity index (χ3n) is 2.36. The van der Waals surface area contributed by atoms with Crippen LogP contribution in [-0.4, -0.2) is 28.0 Å². The lowest BCUT2D eigenvalue weighted by molar-refractivity contribution is 0.803. The predicted molar refractivity (Wildman–Crippen MR) is 70.8 cm³/mol. The predicted octanol–water partition coefficient (Wildman–Crippen LogP) is 1.60. The molecule has 2 N–H and O–H groups in total. The summed E-state index contributed by atoms with van der Waals surface area (Å²) in [6, 6.07) is 0. The van der Waals surface area contributed by atoms with Crippen molar-refractivity contribution in [3.63, 3.8) is 0 Å². The summed E-state index contributed by atoms with van der Waals surface area (Å²) in [5.74, 6) is 0.929. The van der Waals surface area contributed by atoms with Crippen LogP contribution in [-0.2, 0) is 0 Å². The summed E-state index contributed by atoms with van der Waals surface area (Å²) in [5, 5.41) is 0. The Morgan fingerprint density at radius 3 is 2.75 bits per heavy atom. The summed E-state index contributed by atoms with van der Waals surface area (Å²) >= 11 is 4.89. The second-order valence-electron chi connectivity index (χ2n) is 3.72. The van der Waals surface area contributed by atoms with Crippen molar-refractivity contribution in [1.29, 1.82) is 0 Å². The Morgan fingerprint density at radius 1 is 1.50 bits per heavy atom. The van der Waals surface area contributed by atoms with Crippen molar-refractivity contribution >= 4 is 23.0 Å². The minimum Gasteiger partial charge on any atom is -0.393 e. The molecular weight excluding hydrogens is 220 g/mol. The van der Waals surface area contributed by atoms with E-state index < -0.39 is 0 Å². The van der Waals surface area contributed by atoms with Crippen molar-refractivity contribution in [1.82, 2.24) is 9.97 Å². The lowest BCUT2D eigenvalue weighted by Crippen LogP contribution is -2.29. The second-order valence-corrected chi connectivity index (χ2v) is 4.24. The van der Waals surface area contributed by atoms with E-state index in [0.29, 0.717) is 11.4 Å². The van der Waals surface area contributed by atoms with E-state index in [1.165, 1.54) is 0 Å². The van der Waals surface area contributed by atoms with Crippen LogP contribution in [0.15, 0.2) is 6.20 Å². The number of anilines is 1. The summed E-state index contributed by atoms with van der Waals surface area (Å²) in [6.45, 7) is 7.66. The molecule has 0 saturated heterocycles. The molecule has 4 nitrogen and oxygen atoms in total. The molecule has 0 amide bonds. The molecule has 1 aromatic heterocycles. The molecule has 1 rings (SSSR count). The number of hydrogen-bond acceptors (Lipinski definition) is 4. The Hall–Kier alpha value is -1.23. The van der Waals surface area contributed by atoms with E-state index in [0.717, 1.165) is 30.3 Å². The van der Waals surface area contributed by atoms with E-state index in [2.05, 4.69) is 21.8 Å². The average Bonchev–Trinajstić information content (AvgIpc) is 2.23. The fourth-order valence-corrected chi connectivity index (χ4v) is 1.57. The monoisotopic (exact) mass is 238 g/mol. The van der Waals surface area contributed by atoms with Crippen LogP contribution in [0.2, 0.25) is 0 Å². The average molecular weight is 238 g/mol. The first-order valence-electron chi connectivity index (χ1n) is 5.38. The first-order valence-corrected chi connectivity index (χ1v) is 5.79. The van der Waals surface area contributed by atoms with Gasteiger partial charge in [0.2, 0.25) is 0 Å². The summed E-state index contributed by atoms with van der Waals surface area (Å²) in [5.41, 5.74) is 7.38. The zero-order valence-electron chi connectivity index (χ0n) is 10.0. The van der Waals surface area contributed by atoms with Gasteiger partial charge in [0.1, 0.15) is 5.82 Å². The van der Waals surface area contributed by atoms with Crippen molar-refractivity contribution in [2.75, 3.05) is 18.0 Å². The smallest absolute Gasteiger partial charge is 0.150 e. The van der Waals surface area contributed by atoms with Crippen LogP contribution in [0.25, 0.3) is 0 Å². The van der Waals surface area contributed by atoms with Gasteiger partial charge in [0.25, 0.3) is 0 Å². The third kappa shape index (κ3) is 3.41. The minimum atomic E-state index is 0.539. The first-order chi connectivity index (χ1) is 7.54. The molecule has 5 heteroatoms. The summed E-state index contributed by atoms with van der Waals surface area (Å²) in [7, 11) is 0. The van der Waals surface area contributed by atoms with Gasteiger partial charge >= 0.3 is 0 Å². The normalized spacial score (nSPS) is 10.2. The van der Waals surface area contributed by atoms with Gasteiger partial charge < -0.3 is 10.6 Å². The van der Waals surface area contributed by atoms with Crippen molar-refractivity contribution < 1.29 is 0 Å². The largest absolute Gasteiger partial charge is 0.393 e. The molecular formula is C11H18N4S. The van der Waals surface area contributed by atoms with Crippen molar-refractivity contribution in [2.45, 2.75) is 27.2 Å². The number of rotatable bonds is 5. The lowest BCUT2D eigenvalue weighted by Gasteiger charge is -2.23. The van der Waals surface area contributed by atoms with Gasteiger partial charge in [-0.15, -0.1) is 0 Å². The van der Waals surface area contributed by atoms with E-state index in [1.807, 2.05) is 13.8 Å². The summed E-state index contributed by atoms with van der Waals surface area (Å²) < 4.78 is 0. The molecule has 0 bridgehead atoms. The fourth-order valence-electron chi connectivity index (χ4n) is 1.48. The van der Waals surface area contributed by atoms with Gasteiger partial charge in [-0.2, -0.15) is 0 Å². The Morgan fingerprint density at radius 2 is 2.19 bits per heavy atom. The maximum Gasteiger partial charge on any atom is 0.150 e. The third-order valence-corrected chi connectivity index (χ3v) is 2.56. The second kappa shape index (κ2) is 5.75. The van der Waals surface area contributed by atoms with E-state index in [1.54, 1.807) is 6.20 Å². The van der Waals surface area contributed by atoms with E-state index >= 15 is 0 Å². The molecule has 0 atom stereocenters. The molecule has 0 spiro atoms. The first kappa shape index (κ1) is 12.8. The molecule has 0 aliphatic rings. The highest BCUT2D eigenvalue weighted by Crippen LogP contribution is 2.15. The van der Waals surface area contributed by atoms with Crippen LogP contribution in [0.4, 0.5) is 5.82 Å². The van der Waals surface area contributed by atoms with Crippen LogP contribution in [0.3, 0.4) is 0 Å². The number of hydrogen-bond donors (Lipinski definition) is 1. The maximum absolute atomic E-state index is 5.51. The van der Waals surface area contributed by atoms with Gasteiger partial charge in [-0.1, -0.05) is 12.2 Å². The Balaban J connectivity index is 2.85. The summed E-state index contributed by atoms with van der Waals surface area (Å²) in [6.07, 6.45) is 2.48. The van der Waals surface area contributed by atoms with Gasteiger partial charge in [0.05, 0.1) is 16.4 Å². The molecule has 1 heterocycles. The SMILES string of the molecule is CCN(CCC(N)=S)c1nc(C)cnc1C. The zero-order valence-corrected chi connectivity index (χ0v) is 10.8. The highest BCUT2D eigenvalue weighted by molar-refractivity contribution is 7.80. The number of nitrogens with two attached hydrogens (primary N) is 1. The Bertz CT molecular complexity index is 378. The molecule has 0 saturated carbocycles. The molecule has 0 fully saturated rings. The molecule has 0 aromatic carbocycles. The molecule has 16 heavy (non-hydrogen) atoms. The van der Waals surface area contributed by atoms with E-state index in [4.69, 9.17) is 18.0 Å². The van der Waals surface area contributed by atoms with Crippen molar-refractivity contribution in [2.24, 2.45) is 5.73 Å². The van der Waals surface area contributed by atoms with Gasteiger partial charge in [-0.05, 0) is 20.8 Å². The number of aryl methyl sites for hydroxylation is 2. The van der Waals surface area contributed by atoms with Crippen LogP contribution in [0, 0.1) is 13.8 Å². The van der Waals surface area contributed by atoms with Gasteiger partial charge in [0, 0.05) is 25.7 Å². The Kier molecular flexibility index (Phi) is 4.61. The van der Waals surface area contributed by atoms with Crippen LogP contribution < -0.4 is 10.6 Å². The number of nitrogens with zero attached hydrogens (tertiary/aromatic N) is 3. The van der Waals surface area contributed by atoms with Gasteiger partial charge in [-0.25, -0.2) is 4.98 Å². The molecule has 0 aliphatic heterocycles. The topological polar surface area (TPSA) is 55.0 Å². The van der Waals surface area contributed by atoms with E-state index in [9.17, 15) is 0 Å². The quantitative estimate of drug-likeness (QED) is 0.790. The number of thiocarbonyl (C=S) groups is 1. The van der Waals surface area contributed by atoms with Crippen LogP contribution >= 0.6 is 12.2 Å². The van der Waals surface area contributed by atoms with Crippen molar-refractivity contribution in [3.05, 3.63) is 17.6 Å². The lowest BCUT2D eigenvalue weighted by atomic mass is 10.3. The standard InChI is InChI=1S/C11H18N4S/c1-4-15(6-5-10(12)16)11-9(3)13-7-8(2)14-11/h7H,4-6H2,1-3H3,(H2,12,16). The zero-order chi connectivity index (χ0) is 12.1. The molecule has 0 radical (unpaired) electrons. The van der Waals surface area contributed by atoms with Crippen LogP contribution in [0.1, 0.15) is 24.7 Å². The molecule has 0 unspecified atom stereocenters. The minimum absolute atomic E-state index is 0.539. The molecule has 1 aromatic rings. The molecule has 0 aliphatic carbocycles. The Labute approximate surface area is 102 Å². The van der Waals surface area contributed by atoms with E-state index in [-0.39, 0.29) is 0 Å². The highest BCUT2D eigenvalue weighted by atomic mass is 32.1. The fraction of sp³-hybridized carbons (Fsp3) is 0.545. The van der Waals surface area contributed by atoms with Gasteiger partial charge in [-0.3, -0.25) is 4.98 Å². The summed E-state index contributed by atoms with van der Waals surface area (Å²) in [4.78, 5) is 11.5. The van der Waals surface area contributed by atoms with Gasteiger partial charge in [0.15, 0.2) is 0 Å². The number of aromatic nitrogens is 2. The highest BCUT2D eigenvalue weighted by Gasteiger charge is 2.10. The molecule has 88 valence electrons. The van der Waals surface area contributed by atoms with Crippen LogP contribution in [0.5, 0.6) is 0 Å².